The summed E-state index contributed by atoms with van der Waals surface area (Å²) in [6.45, 7) is 4.77. The van der Waals surface area contributed by atoms with E-state index in [1.165, 1.54) is 10.5 Å². The van der Waals surface area contributed by atoms with Crippen molar-refractivity contribution >= 4 is 29.0 Å². The average molecular weight is 343 g/mol. The first-order valence-electron chi connectivity index (χ1n) is 7.88. The molecule has 1 atom stereocenters. The third-order valence-electron chi connectivity index (χ3n) is 4.18. The molecule has 1 aromatic heterocycles. The van der Waals surface area contributed by atoms with Gasteiger partial charge in [-0.1, -0.05) is 17.7 Å². The topological polar surface area (TPSA) is 43.9 Å². The van der Waals surface area contributed by atoms with Crippen LogP contribution in [0.4, 0.5) is 10.5 Å². The number of imide groups is 1. The molecule has 1 aliphatic rings. The maximum atomic E-state index is 12.8. The number of carbonyl (C=O) groups is 2. The highest BCUT2D eigenvalue weighted by Gasteiger charge is 2.43. The summed E-state index contributed by atoms with van der Waals surface area (Å²) in [5.74, 6) is -0.155. The van der Waals surface area contributed by atoms with Crippen LogP contribution in [0, 0.1) is 6.92 Å². The van der Waals surface area contributed by atoms with Crippen molar-refractivity contribution in [1.29, 1.82) is 0 Å². The van der Waals surface area contributed by atoms with Crippen molar-refractivity contribution in [2.75, 3.05) is 18.6 Å². The molecule has 3 rings (SSSR count). The van der Waals surface area contributed by atoms with Gasteiger partial charge in [-0.2, -0.15) is 11.3 Å². The van der Waals surface area contributed by atoms with E-state index >= 15 is 0 Å². The molecule has 3 amide bonds. The molecule has 126 valence electrons. The maximum absolute atomic E-state index is 12.8. The summed E-state index contributed by atoms with van der Waals surface area (Å²) in [5, 5.41) is 4.10. The molecule has 0 spiro atoms. The number of rotatable bonds is 5. The van der Waals surface area contributed by atoms with E-state index in [1.54, 1.807) is 23.2 Å². The number of nitrogens with zero attached hydrogens (tertiary/aromatic N) is 3. The second-order valence-corrected chi connectivity index (χ2v) is 7.00. The molecule has 0 radical (unpaired) electrons. The van der Waals surface area contributed by atoms with Gasteiger partial charge in [0.25, 0.3) is 5.91 Å². The predicted octanol–water partition coefficient (Wildman–Crippen LogP) is 3.30. The van der Waals surface area contributed by atoms with Gasteiger partial charge < -0.3 is 0 Å². The van der Waals surface area contributed by atoms with Gasteiger partial charge in [-0.3, -0.25) is 14.6 Å². The zero-order chi connectivity index (χ0) is 17.3. The number of urea groups is 1. The predicted molar refractivity (Wildman–Crippen MR) is 96.0 cm³/mol. The van der Waals surface area contributed by atoms with E-state index in [0.29, 0.717) is 13.2 Å². The standard InChI is InChI=1S/C18H21N3O2S/c1-13-4-6-16(7-5-13)21-14(2)17(22)20(18(21)23)12-19(3)10-15-8-9-24-11-15/h4-9,11,14H,10,12H2,1-3H3/t14-/m1/s1. The number of amides is 3. The number of hydrogen-bond acceptors (Lipinski definition) is 4. The highest BCUT2D eigenvalue weighted by molar-refractivity contribution is 7.07. The zero-order valence-electron chi connectivity index (χ0n) is 14.1. The van der Waals surface area contributed by atoms with Crippen molar-refractivity contribution in [2.45, 2.75) is 26.4 Å². The second-order valence-electron chi connectivity index (χ2n) is 6.22. The fourth-order valence-corrected chi connectivity index (χ4v) is 3.54. The van der Waals surface area contributed by atoms with Gasteiger partial charge in [-0.15, -0.1) is 0 Å². The van der Waals surface area contributed by atoms with Crippen molar-refractivity contribution in [3.8, 4) is 0 Å². The Morgan fingerprint density at radius 2 is 1.88 bits per heavy atom. The Balaban J connectivity index is 1.74. The quantitative estimate of drug-likeness (QED) is 0.783. The Morgan fingerprint density at radius 3 is 2.50 bits per heavy atom. The third kappa shape index (κ3) is 3.20. The summed E-state index contributed by atoms with van der Waals surface area (Å²) in [5.41, 5.74) is 3.07. The monoisotopic (exact) mass is 343 g/mol. The van der Waals surface area contributed by atoms with Crippen LogP contribution in [0.2, 0.25) is 0 Å². The number of thiophene rings is 1. The van der Waals surface area contributed by atoms with Crippen molar-refractivity contribution in [3.05, 3.63) is 52.2 Å². The molecule has 1 saturated heterocycles. The molecule has 0 bridgehead atoms. The molecule has 24 heavy (non-hydrogen) atoms. The number of anilines is 1. The van der Waals surface area contributed by atoms with Crippen molar-refractivity contribution in [3.63, 3.8) is 0 Å². The normalized spacial score (nSPS) is 18.1. The molecule has 1 aromatic carbocycles. The maximum Gasteiger partial charge on any atom is 0.333 e. The van der Waals surface area contributed by atoms with E-state index < -0.39 is 6.04 Å². The van der Waals surface area contributed by atoms with Crippen LogP contribution in [0.3, 0.4) is 0 Å². The first-order valence-corrected chi connectivity index (χ1v) is 8.82. The molecule has 0 unspecified atom stereocenters. The van der Waals surface area contributed by atoms with Gasteiger partial charge >= 0.3 is 6.03 Å². The second kappa shape index (κ2) is 6.75. The Morgan fingerprint density at radius 1 is 1.17 bits per heavy atom. The minimum atomic E-state index is -0.477. The molecule has 1 fully saturated rings. The van der Waals surface area contributed by atoms with Crippen LogP contribution in [-0.4, -0.2) is 41.5 Å². The highest BCUT2D eigenvalue weighted by atomic mass is 32.1. The van der Waals surface area contributed by atoms with Crippen LogP contribution in [0.25, 0.3) is 0 Å². The Kier molecular flexibility index (Phi) is 4.69. The highest BCUT2D eigenvalue weighted by Crippen LogP contribution is 2.26. The fraction of sp³-hybridized carbons (Fsp3) is 0.333. The minimum Gasteiger partial charge on any atom is -0.284 e. The van der Waals surface area contributed by atoms with Crippen LogP contribution in [0.1, 0.15) is 18.1 Å². The van der Waals surface area contributed by atoms with E-state index in [2.05, 4.69) is 11.4 Å². The van der Waals surface area contributed by atoms with Crippen LogP contribution < -0.4 is 4.90 Å². The van der Waals surface area contributed by atoms with Gasteiger partial charge in [0.15, 0.2) is 0 Å². The van der Waals surface area contributed by atoms with E-state index in [4.69, 9.17) is 0 Å². The number of hydrogen-bond donors (Lipinski definition) is 0. The largest absolute Gasteiger partial charge is 0.333 e. The molecule has 6 heteroatoms. The number of carbonyl (C=O) groups excluding carboxylic acids is 2. The first-order chi connectivity index (χ1) is 11.5. The third-order valence-corrected chi connectivity index (χ3v) is 4.91. The summed E-state index contributed by atoms with van der Waals surface area (Å²) < 4.78 is 0. The average Bonchev–Trinajstić information content (AvgIpc) is 3.12. The molecule has 0 aliphatic carbocycles. The molecular weight excluding hydrogens is 322 g/mol. The van der Waals surface area contributed by atoms with Crippen LogP contribution in [0.15, 0.2) is 41.1 Å². The molecule has 0 saturated carbocycles. The van der Waals surface area contributed by atoms with Crippen LogP contribution in [0.5, 0.6) is 0 Å². The Hall–Kier alpha value is -2.18. The fourth-order valence-electron chi connectivity index (χ4n) is 2.88. The number of aryl methyl sites for hydroxylation is 1. The molecule has 5 nitrogen and oxygen atoms in total. The van der Waals surface area contributed by atoms with Crippen LogP contribution in [-0.2, 0) is 11.3 Å². The lowest BCUT2D eigenvalue weighted by molar-refractivity contribution is -0.128. The summed E-state index contributed by atoms with van der Waals surface area (Å²) in [7, 11) is 1.91. The van der Waals surface area contributed by atoms with Crippen molar-refractivity contribution in [2.24, 2.45) is 0 Å². The SMILES string of the molecule is Cc1ccc(N2C(=O)N(CN(C)Cc3ccsc3)C(=O)[C@H]2C)cc1. The lowest BCUT2D eigenvalue weighted by Crippen LogP contribution is -2.40. The molecule has 2 aromatic rings. The summed E-state index contributed by atoms with van der Waals surface area (Å²) in [4.78, 5) is 30.2. The summed E-state index contributed by atoms with van der Waals surface area (Å²) >= 11 is 1.64. The first kappa shape index (κ1) is 16.7. The van der Waals surface area contributed by atoms with Crippen LogP contribution >= 0.6 is 11.3 Å². The van der Waals surface area contributed by atoms with E-state index in [0.717, 1.165) is 11.3 Å². The van der Waals surface area contributed by atoms with Crippen molar-refractivity contribution in [1.82, 2.24) is 9.80 Å². The summed E-state index contributed by atoms with van der Waals surface area (Å²) in [6.07, 6.45) is 0. The van der Waals surface area contributed by atoms with E-state index in [-0.39, 0.29) is 11.9 Å². The zero-order valence-corrected chi connectivity index (χ0v) is 14.9. The molecular formula is C18H21N3O2S. The summed E-state index contributed by atoms with van der Waals surface area (Å²) in [6, 6.07) is 8.99. The molecule has 1 aliphatic heterocycles. The van der Waals surface area contributed by atoms with Gasteiger partial charge in [-0.25, -0.2) is 9.69 Å². The van der Waals surface area contributed by atoms with Gasteiger partial charge in [0.05, 0.1) is 6.67 Å². The lowest BCUT2D eigenvalue weighted by Gasteiger charge is -2.23. The van der Waals surface area contributed by atoms with Gasteiger partial charge in [0.2, 0.25) is 0 Å². The molecule has 0 N–H and O–H groups in total. The smallest absolute Gasteiger partial charge is 0.284 e. The van der Waals surface area contributed by atoms with Gasteiger partial charge in [0.1, 0.15) is 6.04 Å². The molecule has 2 heterocycles. The van der Waals surface area contributed by atoms with Gasteiger partial charge in [-0.05, 0) is 55.4 Å². The number of benzene rings is 1. The minimum absolute atomic E-state index is 0.155. The lowest BCUT2D eigenvalue weighted by atomic mass is 10.2. The Bertz CT molecular complexity index is 727. The Labute approximate surface area is 146 Å². The van der Waals surface area contributed by atoms with E-state index in [9.17, 15) is 9.59 Å². The van der Waals surface area contributed by atoms with Gasteiger partial charge in [0, 0.05) is 12.2 Å². The van der Waals surface area contributed by atoms with Crippen molar-refractivity contribution < 1.29 is 9.59 Å². The van der Waals surface area contributed by atoms with E-state index in [1.807, 2.05) is 48.5 Å².